The quantitative estimate of drug-likeness (QED) is 0.647. The molecule has 5 nitrogen and oxygen atoms in total. The van der Waals surface area contributed by atoms with Crippen molar-refractivity contribution in [1.82, 2.24) is 0 Å². The van der Waals surface area contributed by atoms with E-state index in [1.165, 1.54) is 6.08 Å². The van der Waals surface area contributed by atoms with Crippen molar-refractivity contribution in [1.29, 1.82) is 0 Å². The molecule has 2 unspecified atom stereocenters. The second kappa shape index (κ2) is 7.36. The Labute approximate surface area is 123 Å². The summed E-state index contributed by atoms with van der Waals surface area (Å²) in [5, 5.41) is 19.4. The van der Waals surface area contributed by atoms with Gasteiger partial charge in [0.25, 0.3) is 0 Å². The summed E-state index contributed by atoms with van der Waals surface area (Å²) in [5.41, 5.74) is 0.896. The van der Waals surface area contributed by atoms with Gasteiger partial charge in [0.15, 0.2) is 6.29 Å². The molecule has 1 aliphatic rings. The molecule has 1 saturated heterocycles. The molecule has 0 bridgehead atoms. The molecule has 4 atom stereocenters. The maximum atomic E-state index is 11.6. The van der Waals surface area contributed by atoms with E-state index in [2.05, 4.69) is 0 Å². The number of rotatable bonds is 4. The molecule has 2 rings (SSSR count). The number of carbonyl (C=O) groups is 1. The van der Waals surface area contributed by atoms with Gasteiger partial charge in [-0.15, -0.1) is 0 Å². The minimum atomic E-state index is -0.924. The Morgan fingerprint density at radius 2 is 2.10 bits per heavy atom. The Kier molecular flexibility index (Phi) is 5.50. The lowest BCUT2D eigenvalue weighted by Gasteiger charge is -2.35. The third-order valence-electron chi connectivity index (χ3n) is 3.47. The molecule has 1 aromatic rings. The Hall–Kier alpha value is -1.69. The number of hydrogen-bond donors (Lipinski definition) is 2. The van der Waals surface area contributed by atoms with Crippen LogP contribution in [-0.2, 0) is 14.3 Å². The summed E-state index contributed by atoms with van der Waals surface area (Å²) in [5.74, 6) is -0.611. The second-order valence-corrected chi connectivity index (χ2v) is 5.21. The molecule has 2 N–H and O–H groups in total. The fourth-order valence-corrected chi connectivity index (χ4v) is 2.24. The highest BCUT2D eigenvalue weighted by atomic mass is 16.6. The highest BCUT2D eigenvalue weighted by Gasteiger charge is 2.35. The molecule has 0 radical (unpaired) electrons. The van der Waals surface area contributed by atoms with E-state index < -0.39 is 24.5 Å². The number of aliphatic hydroxyl groups excluding tert-OH is 2. The zero-order valence-corrected chi connectivity index (χ0v) is 11.9. The number of benzene rings is 1. The average Bonchev–Trinajstić information content (AvgIpc) is 2.48. The molecule has 1 aromatic carbocycles. The summed E-state index contributed by atoms with van der Waals surface area (Å²) in [6.45, 7) is 1.74. The summed E-state index contributed by atoms with van der Waals surface area (Å²) in [7, 11) is 0. The maximum absolute atomic E-state index is 11.6. The predicted molar refractivity (Wildman–Crippen MR) is 77.1 cm³/mol. The average molecular weight is 292 g/mol. The number of carbonyl (C=O) groups excluding carboxylic acids is 1. The van der Waals surface area contributed by atoms with E-state index in [0.29, 0.717) is 6.42 Å². The highest BCUT2D eigenvalue weighted by Crippen LogP contribution is 2.24. The first kappa shape index (κ1) is 15.7. The van der Waals surface area contributed by atoms with Crippen molar-refractivity contribution in [3.63, 3.8) is 0 Å². The largest absolute Gasteiger partial charge is 0.460 e. The van der Waals surface area contributed by atoms with E-state index in [9.17, 15) is 15.0 Å². The second-order valence-electron chi connectivity index (χ2n) is 5.21. The van der Waals surface area contributed by atoms with Gasteiger partial charge >= 0.3 is 5.97 Å². The number of hydrogen-bond acceptors (Lipinski definition) is 5. The summed E-state index contributed by atoms with van der Waals surface area (Å²) in [6, 6.07) is 9.38. The van der Waals surface area contributed by atoms with Crippen LogP contribution >= 0.6 is 0 Å². The van der Waals surface area contributed by atoms with Crippen molar-refractivity contribution in [2.75, 3.05) is 6.61 Å². The Morgan fingerprint density at radius 1 is 1.38 bits per heavy atom. The maximum Gasteiger partial charge on any atom is 0.330 e. The first-order chi connectivity index (χ1) is 10.1. The van der Waals surface area contributed by atoms with Crippen LogP contribution in [0, 0.1) is 5.92 Å². The molecule has 114 valence electrons. The van der Waals surface area contributed by atoms with Gasteiger partial charge in [-0.3, -0.25) is 0 Å². The van der Waals surface area contributed by atoms with Crippen LogP contribution in [0.1, 0.15) is 18.9 Å². The minimum Gasteiger partial charge on any atom is -0.460 e. The van der Waals surface area contributed by atoms with Crippen LogP contribution in [0.4, 0.5) is 0 Å². The van der Waals surface area contributed by atoms with Gasteiger partial charge in [-0.25, -0.2) is 4.79 Å². The first-order valence-corrected chi connectivity index (χ1v) is 6.97. The molecule has 0 aliphatic carbocycles. The highest BCUT2D eigenvalue weighted by molar-refractivity contribution is 5.87. The van der Waals surface area contributed by atoms with Crippen LogP contribution in [0.2, 0.25) is 0 Å². The molecule has 1 heterocycles. The van der Waals surface area contributed by atoms with E-state index in [4.69, 9.17) is 9.47 Å². The van der Waals surface area contributed by atoms with Gasteiger partial charge in [0, 0.05) is 12.5 Å². The standard InChI is InChI=1S/C16H20O5/c1-11-9-15(18)21-13(16(11)19)10-20-14(17)8-7-12-5-3-2-4-6-12/h2-8,11,13,15-16,18-19H,9-10H2,1H3/b8-7+/t11?,13?,15-,16-/m0/s1. The molecule has 0 aromatic heterocycles. The zero-order chi connectivity index (χ0) is 15.2. The monoisotopic (exact) mass is 292 g/mol. The number of ether oxygens (including phenoxy) is 2. The summed E-state index contributed by atoms with van der Waals surface area (Å²) in [4.78, 5) is 11.6. The third-order valence-corrected chi connectivity index (χ3v) is 3.47. The molecule has 0 saturated carbocycles. The van der Waals surface area contributed by atoms with Gasteiger partial charge in [-0.1, -0.05) is 37.3 Å². The Bertz CT molecular complexity index is 485. The minimum absolute atomic E-state index is 0.0828. The number of esters is 1. The van der Waals surface area contributed by atoms with E-state index in [1.807, 2.05) is 37.3 Å². The van der Waals surface area contributed by atoms with Gasteiger partial charge in [0.05, 0.1) is 6.10 Å². The lowest BCUT2D eigenvalue weighted by molar-refractivity contribution is -0.227. The molecule has 0 spiro atoms. The van der Waals surface area contributed by atoms with Crippen LogP contribution in [0.5, 0.6) is 0 Å². The van der Waals surface area contributed by atoms with Crippen molar-refractivity contribution in [3.8, 4) is 0 Å². The fourth-order valence-electron chi connectivity index (χ4n) is 2.24. The lowest BCUT2D eigenvalue weighted by Crippen LogP contribution is -2.46. The Balaban J connectivity index is 1.82. The van der Waals surface area contributed by atoms with Crippen molar-refractivity contribution in [2.45, 2.75) is 31.8 Å². The molecular formula is C16H20O5. The Morgan fingerprint density at radius 3 is 2.81 bits per heavy atom. The predicted octanol–water partition coefficient (Wildman–Crippen LogP) is 1.35. The first-order valence-electron chi connectivity index (χ1n) is 6.97. The zero-order valence-electron chi connectivity index (χ0n) is 11.9. The lowest BCUT2D eigenvalue weighted by atomic mass is 9.93. The molecule has 1 aliphatic heterocycles. The van der Waals surface area contributed by atoms with Gasteiger partial charge in [-0.05, 0) is 17.6 Å². The van der Waals surface area contributed by atoms with Crippen LogP contribution in [0.15, 0.2) is 36.4 Å². The smallest absolute Gasteiger partial charge is 0.330 e. The van der Waals surface area contributed by atoms with E-state index in [-0.39, 0.29) is 12.5 Å². The van der Waals surface area contributed by atoms with Gasteiger partial charge in [0.2, 0.25) is 0 Å². The van der Waals surface area contributed by atoms with E-state index in [1.54, 1.807) is 6.08 Å². The van der Waals surface area contributed by atoms with Crippen molar-refractivity contribution in [3.05, 3.63) is 42.0 Å². The summed E-state index contributed by atoms with van der Waals surface area (Å²) >= 11 is 0. The molecule has 21 heavy (non-hydrogen) atoms. The van der Waals surface area contributed by atoms with Gasteiger partial charge in [-0.2, -0.15) is 0 Å². The van der Waals surface area contributed by atoms with E-state index in [0.717, 1.165) is 5.56 Å². The SMILES string of the molecule is CC1C[C@@H](O)OC(COC(=O)/C=C/c2ccccc2)[C@H]1O. The van der Waals surface area contributed by atoms with Crippen molar-refractivity contribution < 1.29 is 24.5 Å². The van der Waals surface area contributed by atoms with Gasteiger partial charge < -0.3 is 19.7 Å². The van der Waals surface area contributed by atoms with Crippen molar-refractivity contribution >= 4 is 12.0 Å². The van der Waals surface area contributed by atoms with Crippen LogP contribution < -0.4 is 0 Å². The van der Waals surface area contributed by atoms with Crippen LogP contribution in [-0.4, -0.2) is 41.3 Å². The van der Waals surface area contributed by atoms with Crippen molar-refractivity contribution in [2.24, 2.45) is 5.92 Å². The van der Waals surface area contributed by atoms with Crippen LogP contribution in [0.25, 0.3) is 6.08 Å². The molecule has 1 fully saturated rings. The molecular weight excluding hydrogens is 272 g/mol. The summed E-state index contributed by atoms with van der Waals surface area (Å²) in [6.07, 6.45) is 0.978. The van der Waals surface area contributed by atoms with Crippen LogP contribution in [0.3, 0.4) is 0 Å². The third kappa shape index (κ3) is 4.67. The number of aliphatic hydroxyl groups is 2. The van der Waals surface area contributed by atoms with Gasteiger partial charge in [0.1, 0.15) is 12.7 Å². The molecule has 5 heteroatoms. The normalized spacial score (nSPS) is 29.5. The topological polar surface area (TPSA) is 76.0 Å². The fraction of sp³-hybridized carbons (Fsp3) is 0.438. The molecule has 0 amide bonds. The van der Waals surface area contributed by atoms with E-state index >= 15 is 0 Å². The summed E-state index contributed by atoms with van der Waals surface area (Å²) < 4.78 is 10.2.